The first-order valence-corrected chi connectivity index (χ1v) is 3.52. The van der Waals surface area contributed by atoms with E-state index in [-0.39, 0.29) is 5.24 Å². The maximum absolute atomic E-state index is 10.3. The predicted molar refractivity (Wildman–Crippen MR) is 37.3 cm³/mol. The van der Waals surface area contributed by atoms with Crippen LogP contribution >= 0.6 is 11.6 Å². The van der Waals surface area contributed by atoms with E-state index in [1.165, 1.54) is 0 Å². The van der Waals surface area contributed by atoms with E-state index in [1.807, 2.05) is 0 Å². The first-order chi connectivity index (χ1) is 4.29. The van der Waals surface area contributed by atoms with Crippen molar-refractivity contribution in [1.82, 2.24) is 0 Å². The average molecular weight is 145 g/mol. The van der Waals surface area contributed by atoms with Crippen molar-refractivity contribution in [3.8, 4) is 0 Å². The highest BCUT2D eigenvalue weighted by atomic mass is 35.5. The van der Waals surface area contributed by atoms with Crippen LogP contribution in [0.2, 0.25) is 0 Å². The molecule has 0 radical (unpaired) electrons. The first-order valence-electron chi connectivity index (χ1n) is 3.14. The number of hydrogen-bond donors (Lipinski definition) is 0. The number of hydrogen-bond acceptors (Lipinski definition) is 1. The number of carbonyl (C=O) groups excluding carboxylic acids is 1. The second kappa shape index (κ2) is 3.02. The minimum absolute atomic E-state index is 0.216. The van der Waals surface area contributed by atoms with Crippen molar-refractivity contribution in [2.24, 2.45) is 5.92 Å². The summed E-state index contributed by atoms with van der Waals surface area (Å²) in [7, 11) is 0. The van der Waals surface area contributed by atoms with Crippen molar-refractivity contribution in [3.05, 3.63) is 12.2 Å². The van der Waals surface area contributed by atoms with Gasteiger partial charge in [-0.3, -0.25) is 4.79 Å². The molecule has 0 aromatic heterocycles. The minimum Gasteiger partial charge on any atom is -0.281 e. The molecular weight excluding hydrogens is 136 g/mol. The topological polar surface area (TPSA) is 17.1 Å². The summed E-state index contributed by atoms with van der Waals surface area (Å²) in [5.41, 5.74) is 0. The molecule has 1 unspecified atom stereocenters. The average Bonchev–Trinajstić information content (AvgIpc) is 2.15. The molecule has 0 saturated carbocycles. The van der Waals surface area contributed by atoms with E-state index in [1.54, 1.807) is 0 Å². The van der Waals surface area contributed by atoms with Gasteiger partial charge in [0.1, 0.15) is 0 Å². The van der Waals surface area contributed by atoms with Gasteiger partial charge < -0.3 is 0 Å². The molecule has 0 saturated heterocycles. The Bertz CT molecular complexity index is 140. The lowest BCUT2D eigenvalue weighted by molar-refractivity contribution is -0.112. The molecular formula is C7H9ClO. The Morgan fingerprint density at radius 3 is 3.00 bits per heavy atom. The van der Waals surface area contributed by atoms with E-state index in [0.717, 1.165) is 12.8 Å². The van der Waals surface area contributed by atoms with Crippen molar-refractivity contribution in [2.45, 2.75) is 19.3 Å². The van der Waals surface area contributed by atoms with Crippen LogP contribution in [0.4, 0.5) is 0 Å². The maximum atomic E-state index is 10.3. The zero-order chi connectivity index (χ0) is 6.69. The summed E-state index contributed by atoms with van der Waals surface area (Å²) in [6.45, 7) is 0. The fourth-order valence-electron chi connectivity index (χ4n) is 1.07. The molecule has 50 valence electrons. The zero-order valence-electron chi connectivity index (χ0n) is 5.14. The van der Waals surface area contributed by atoms with Gasteiger partial charge in [0.05, 0.1) is 0 Å². The van der Waals surface area contributed by atoms with Gasteiger partial charge in [-0.2, -0.15) is 0 Å². The van der Waals surface area contributed by atoms with E-state index >= 15 is 0 Å². The molecule has 0 N–H and O–H groups in total. The molecule has 0 fully saturated rings. The Hall–Kier alpha value is -0.300. The first kappa shape index (κ1) is 6.81. The molecule has 1 aliphatic rings. The quantitative estimate of drug-likeness (QED) is 0.429. The molecule has 0 aliphatic heterocycles. The normalized spacial score (nSPS) is 24.8. The van der Waals surface area contributed by atoms with Crippen molar-refractivity contribution in [2.75, 3.05) is 0 Å². The van der Waals surface area contributed by atoms with Gasteiger partial charge in [-0.05, 0) is 30.4 Å². The molecule has 0 bridgehead atoms. The van der Waals surface area contributed by atoms with Crippen LogP contribution in [-0.4, -0.2) is 5.24 Å². The summed E-state index contributed by atoms with van der Waals surface area (Å²) in [6.07, 6.45) is 6.89. The fourth-order valence-corrected chi connectivity index (χ4v) is 1.27. The van der Waals surface area contributed by atoms with Crippen molar-refractivity contribution >= 4 is 16.8 Å². The second-order valence-corrected chi connectivity index (χ2v) is 2.75. The smallest absolute Gasteiger partial charge is 0.222 e. The Labute approximate surface area is 59.7 Å². The fraction of sp³-hybridized carbons (Fsp3) is 0.571. The Balaban J connectivity index is 2.28. The minimum atomic E-state index is -0.216. The van der Waals surface area contributed by atoms with E-state index in [0.29, 0.717) is 12.3 Å². The summed E-state index contributed by atoms with van der Waals surface area (Å²) < 4.78 is 0. The number of carbonyl (C=O) groups is 1. The number of rotatable bonds is 2. The highest BCUT2D eigenvalue weighted by molar-refractivity contribution is 6.63. The molecule has 1 rings (SSSR count). The molecule has 0 amide bonds. The van der Waals surface area contributed by atoms with Gasteiger partial charge >= 0.3 is 0 Å². The highest BCUT2D eigenvalue weighted by Gasteiger charge is 2.11. The largest absolute Gasteiger partial charge is 0.281 e. The lowest BCUT2D eigenvalue weighted by atomic mass is 10.1. The van der Waals surface area contributed by atoms with Crippen LogP contribution in [0.15, 0.2) is 12.2 Å². The summed E-state index contributed by atoms with van der Waals surface area (Å²) in [6, 6.07) is 0. The van der Waals surface area contributed by atoms with Crippen LogP contribution in [0.25, 0.3) is 0 Å². The molecule has 1 aliphatic carbocycles. The lowest BCUT2D eigenvalue weighted by Gasteiger charge is -1.99. The van der Waals surface area contributed by atoms with Crippen LogP contribution in [0.3, 0.4) is 0 Å². The van der Waals surface area contributed by atoms with Crippen molar-refractivity contribution in [3.63, 3.8) is 0 Å². The Morgan fingerprint density at radius 2 is 2.56 bits per heavy atom. The summed E-state index contributed by atoms with van der Waals surface area (Å²) in [4.78, 5) is 10.3. The third-order valence-corrected chi connectivity index (χ3v) is 1.69. The molecule has 1 atom stereocenters. The Morgan fingerprint density at radius 1 is 1.78 bits per heavy atom. The van der Waals surface area contributed by atoms with Gasteiger partial charge in [0.25, 0.3) is 0 Å². The van der Waals surface area contributed by atoms with Crippen LogP contribution in [0.1, 0.15) is 19.3 Å². The van der Waals surface area contributed by atoms with Gasteiger partial charge in [-0.25, -0.2) is 0 Å². The molecule has 2 heteroatoms. The van der Waals surface area contributed by atoms with E-state index in [4.69, 9.17) is 11.6 Å². The molecule has 0 aromatic rings. The van der Waals surface area contributed by atoms with Crippen LogP contribution in [0.5, 0.6) is 0 Å². The molecule has 1 nitrogen and oxygen atoms in total. The van der Waals surface area contributed by atoms with Gasteiger partial charge in [-0.1, -0.05) is 12.2 Å². The van der Waals surface area contributed by atoms with Gasteiger partial charge in [0.15, 0.2) is 0 Å². The van der Waals surface area contributed by atoms with Crippen molar-refractivity contribution in [1.29, 1.82) is 0 Å². The third kappa shape index (κ3) is 2.19. The maximum Gasteiger partial charge on any atom is 0.222 e. The lowest BCUT2D eigenvalue weighted by Crippen LogP contribution is -1.96. The monoisotopic (exact) mass is 144 g/mol. The number of halogens is 1. The molecule has 9 heavy (non-hydrogen) atoms. The van der Waals surface area contributed by atoms with Gasteiger partial charge in [-0.15, -0.1) is 0 Å². The van der Waals surface area contributed by atoms with Crippen LogP contribution < -0.4 is 0 Å². The zero-order valence-corrected chi connectivity index (χ0v) is 5.90. The van der Waals surface area contributed by atoms with Crippen LogP contribution in [0, 0.1) is 5.92 Å². The summed E-state index contributed by atoms with van der Waals surface area (Å²) in [5, 5.41) is -0.216. The molecule has 0 spiro atoms. The number of allylic oxidation sites excluding steroid dienone is 2. The molecule has 0 aromatic carbocycles. The summed E-state index contributed by atoms with van der Waals surface area (Å²) in [5.74, 6) is 0.426. The van der Waals surface area contributed by atoms with E-state index in [2.05, 4.69) is 12.2 Å². The van der Waals surface area contributed by atoms with Gasteiger partial charge in [0, 0.05) is 6.42 Å². The van der Waals surface area contributed by atoms with Gasteiger partial charge in [0.2, 0.25) is 5.24 Å². The van der Waals surface area contributed by atoms with E-state index < -0.39 is 0 Å². The Kier molecular flexibility index (Phi) is 2.29. The van der Waals surface area contributed by atoms with Crippen LogP contribution in [-0.2, 0) is 4.79 Å². The summed E-state index contributed by atoms with van der Waals surface area (Å²) >= 11 is 5.19. The standard InChI is InChI=1S/C7H9ClO/c8-7(9)5-6-3-1-2-4-6/h1,3,6H,2,4-5H2. The van der Waals surface area contributed by atoms with E-state index in [9.17, 15) is 4.79 Å². The SMILES string of the molecule is O=C(Cl)CC1C=CCC1. The molecule has 0 heterocycles. The predicted octanol–water partition coefficient (Wildman–Crippen LogP) is 2.11. The third-order valence-electron chi connectivity index (χ3n) is 1.54. The highest BCUT2D eigenvalue weighted by Crippen LogP contribution is 2.20. The second-order valence-electron chi connectivity index (χ2n) is 2.32. The van der Waals surface area contributed by atoms with Crippen molar-refractivity contribution < 1.29 is 4.79 Å².